The van der Waals surface area contributed by atoms with Gasteiger partial charge in [-0.25, -0.2) is 4.98 Å². The Kier molecular flexibility index (Phi) is 1.54. The first-order valence-electron chi connectivity index (χ1n) is 3.73. The Bertz CT molecular complexity index is 333. The van der Waals surface area contributed by atoms with Gasteiger partial charge in [0, 0.05) is 12.3 Å². The average molecular weight is 183 g/mol. The molecule has 0 unspecified atom stereocenters. The summed E-state index contributed by atoms with van der Waals surface area (Å²) in [5, 5.41) is 3.21. The predicted molar refractivity (Wildman–Crippen MR) is 48.2 cm³/mol. The Hall–Kier alpha value is -1.10. The highest BCUT2D eigenvalue weighted by atomic mass is 32.1. The lowest BCUT2D eigenvalue weighted by atomic mass is 10.0. The first-order valence-corrected chi connectivity index (χ1v) is 4.54. The second kappa shape index (κ2) is 2.45. The third-order valence-corrected chi connectivity index (χ3v) is 2.98. The standard InChI is InChI=1S/C7H9N3OS/c1-3-2-4(11)9-6-5(3)12-7(8)10-6/h3H,2H2,1H3,(H2,8,10)(H,9,11)/t3-/m0/s1. The zero-order valence-corrected chi connectivity index (χ0v) is 7.44. The molecule has 0 spiro atoms. The van der Waals surface area contributed by atoms with Crippen LogP contribution in [0, 0.1) is 0 Å². The summed E-state index contributed by atoms with van der Waals surface area (Å²) in [6.45, 7) is 2.01. The van der Waals surface area contributed by atoms with Gasteiger partial charge in [-0.05, 0) is 0 Å². The molecule has 5 heteroatoms. The zero-order chi connectivity index (χ0) is 8.72. The van der Waals surface area contributed by atoms with E-state index in [0.717, 1.165) is 4.88 Å². The molecule has 4 nitrogen and oxygen atoms in total. The number of anilines is 2. The van der Waals surface area contributed by atoms with Crippen molar-refractivity contribution in [2.24, 2.45) is 0 Å². The number of carbonyl (C=O) groups excluding carboxylic acids is 1. The van der Waals surface area contributed by atoms with Crippen molar-refractivity contribution in [2.75, 3.05) is 11.1 Å². The van der Waals surface area contributed by atoms with E-state index < -0.39 is 0 Å². The number of hydrogen-bond donors (Lipinski definition) is 2. The minimum Gasteiger partial charge on any atom is -0.375 e. The minimum atomic E-state index is 0.0281. The number of fused-ring (bicyclic) bond motifs is 1. The lowest BCUT2D eigenvalue weighted by Gasteiger charge is -2.16. The lowest BCUT2D eigenvalue weighted by Crippen LogP contribution is -2.20. The van der Waals surface area contributed by atoms with E-state index in [0.29, 0.717) is 17.4 Å². The van der Waals surface area contributed by atoms with E-state index in [-0.39, 0.29) is 11.8 Å². The zero-order valence-electron chi connectivity index (χ0n) is 6.63. The van der Waals surface area contributed by atoms with Gasteiger partial charge in [-0.2, -0.15) is 0 Å². The first kappa shape index (κ1) is 7.54. The first-order chi connectivity index (χ1) is 5.66. The Balaban J connectivity index is 2.46. The van der Waals surface area contributed by atoms with Crippen LogP contribution in [0.25, 0.3) is 0 Å². The second-order valence-electron chi connectivity index (χ2n) is 2.92. The normalized spacial score (nSPS) is 21.8. The average Bonchev–Trinajstić information content (AvgIpc) is 2.29. The van der Waals surface area contributed by atoms with E-state index in [9.17, 15) is 4.79 Å². The maximum Gasteiger partial charge on any atom is 0.226 e. The largest absolute Gasteiger partial charge is 0.375 e. The van der Waals surface area contributed by atoms with Gasteiger partial charge in [0.25, 0.3) is 0 Å². The number of nitrogens with one attached hydrogen (secondary N) is 1. The molecule has 1 aliphatic rings. The van der Waals surface area contributed by atoms with Crippen molar-refractivity contribution >= 4 is 28.2 Å². The van der Waals surface area contributed by atoms with E-state index in [1.54, 1.807) is 0 Å². The Labute approximate surface area is 73.8 Å². The maximum absolute atomic E-state index is 11.1. The van der Waals surface area contributed by atoms with Gasteiger partial charge in [0.1, 0.15) is 5.82 Å². The number of rotatable bonds is 0. The number of carbonyl (C=O) groups is 1. The molecule has 0 bridgehead atoms. The van der Waals surface area contributed by atoms with E-state index in [2.05, 4.69) is 10.3 Å². The fourth-order valence-corrected chi connectivity index (χ4v) is 2.17. The highest BCUT2D eigenvalue weighted by Crippen LogP contribution is 2.36. The molecule has 3 N–H and O–H groups in total. The number of nitrogens with zero attached hydrogens (tertiary/aromatic N) is 1. The molecule has 0 aromatic carbocycles. The molecule has 2 rings (SSSR count). The molecule has 64 valence electrons. The molecule has 0 saturated heterocycles. The van der Waals surface area contributed by atoms with E-state index in [4.69, 9.17) is 5.73 Å². The van der Waals surface area contributed by atoms with Gasteiger partial charge < -0.3 is 11.1 Å². The van der Waals surface area contributed by atoms with Crippen molar-refractivity contribution < 1.29 is 4.79 Å². The summed E-state index contributed by atoms with van der Waals surface area (Å²) in [6, 6.07) is 0. The van der Waals surface area contributed by atoms with Gasteiger partial charge in [-0.15, -0.1) is 0 Å². The highest BCUT2D eigenvalue weighted by molar-refractivity contribution is 7.16. The molecule has 1 aromatic heterocycles. The molecular formula is C7H9N3OS. The van der Waals surface area contributed by atoms with Crippen molar-refractivity contribution in [3.8, 4) is 0 Å². The topological polar surface area (TPSA) is 68.0 Å². The molecule has 0 radical (unpaired) electrons. The fourth-order valence-electron chi connectivity index (χ4n) is 1.33. The summed E-state index contributed by atoms with van der Waals surface area (Å²) >= 11 is 1.45. The van der Waals surface area contributed by atoms with Crippen molar-refractivity contribution in [3.05, 3.63) is 4.88 Å². The molecule has 0 aliphatic carbocycles. The Morgan fingerprint density at radius 3 is 3.25 bits per heavy atom. The van der Waals surface area contributed by atoms with Crippen LogP contribution in [0.4, 0.5) is 10.9 Å². The molecule has 1 aliphatic heterocycles. The fraction of sp³-hybridized carbons (Fsp3) is 0.429. The van der Waals surface area contributed by atoms with Crippen molar-refractivity contribution in [2.45, 2.75) is 19.3 Å². The monoisotopic (exact) mass is 183 g/mol. The minimum absolute atomic E-state index is 0.0281. The number of aromatic nitrogens is 1. The third kappa shape index (κ3) is 1.06. The summed E-state index contributed by atoms with van der Waals surface area (Å²) in [5.74, 6) is 0.935. The van der Waals surface area contributed by atoms with E-state index in [1.165, 1.54) is 11.3 Å². The van der Waals surface area contributed by atoms with Crippen LogP contribution in [0.1, 0.15) is 24.1 Å². The smallest absolute Gasteiger partial charge is 0.226 e. The summed E-state index contributed by atoms with van der Waals surface area (Å²) in [4.78, 5) is 16.2. The summed E-state index contributed by atoms with van der Waals surface area (Å²) in [6.07, 6.45) is 0.536. The van der Waals surface area contributed by atoms with Crippen molar-refractivity contribution in [3.63, 3.8) is 0 Å². The number of nitrogens with two attached hydrogens (primary N) is 1. The second-order valence-corrected chi connectivity index (χ2v) is 3.98. The summed E-state index contributed by atoms with van der Waals surface area (Å²) < 4.78 is 0. The van der Waals surface area contributed by atoms with Gasteiger partial charge >= 0.3 is 0 Å². The molecule has 1 amide bonds. The summed E-state index contributed by atoms with van der Waals surface area (Å²) in [7, 11) is 0. The molecule has 1 atom stereocenters. The maximum atomic E-state index is 11.1. The van der Waals surface area contributed by atoms with Crippen LogP contribution < -0.4 is 11.1 Å². The lowest BCUT2D eigenvalue weighted by molar-refractivity contribution is -0.116. The van der Waals surface area contributed by atoms with Crippen LogP contribution >= 0.6 is 11.3 Å². The van der Waals surface area contributed by atoms with Crippen LogP contribution in [0.15, 0.2) is 0 Å². The van der Waals surface area contributed by atoms with Gasteiger partial charge in [0.15, 0.2) is 5.13 Å². The molecule has 2 heterocycles. The van der Waals surface area contributed by atoms with Gasteiger partial charge in [0.05, 0.1) is 4.88 Å². The quantitative estimate of drug-likeness (QED) is 0.634. The van der Waals surface area contributed by atoms with Crippen LogP contribution in [-0.4, -0.2) is 10.9 Å². The van der Waals surface area contributed by atoms with Gasteiger partial charge in [-0.1, -0.05) is 18.3 Å². The van der Waals surface area contributed by atoms with Crippen molar-refractivity contribution in [1.82, 2.24) is 4.98 Å². The number of thiazole rings is 1. The molecular weight excluding hydrogens is 174 g/mol. The highest BCUT2D eigenvalue weighted by Gasteiger charge is 2.24. The van der Waals surface area contributed by atoms with E-state index in [1.807, 2.05) is 6.92 Å². The van der Waals surface area contributed by atoms with Crippen LogP contribution in [0.5, 0.6) is 0 Å². The number of amides is 1. The SMILES string of the molecule is C[C@H]1CC(=O)Nc2nc(N)sc21. The van der Waals surface area contributed by atoms with E-state index >= 15 is 0 Å². The van der Waals surface area contributed by atoms with Crippen LogP contribution in [-0.2, 0) is 4.79 Å². The predicted octanol–water partition coefficient (Wildman–Crippen LogP) is 1.17. The van der Waals surface area contributed by atoms with Gasteiger partial charge in [0.2, 0.25) is 5.91 Å². The van der Waals surface area contributed by atoms with Crippen LogP contribution in [0.3, 0.4) is 0 Å². The van der Waals surface area contributed by atoms with Crippen LogP contribution in [0.2, 0.25) is 0 Å². The molecule has 1 aromatic rings. The van der Waals surface area contributed by atoms with Crippen molar-refractivity contribution in [1.29, 1.82) is 0 Å². The molecule has 0 saturated carbocycles. The van der Waals surface area contributed by atoms with Gasteiger partial charge in [-0.3, -0.25) is 4.79 Å². The molecule has 12 heavy (non-hydrogen) atoms. The molecule has 0 fully saturated rings. The number of hydrogen-bond acceptors (Lipinski definition) is 4. The number of nitrogen functional groups attached to an aromatic ring is 1. The Morgan fingerprint density at radius 1 is 1.75 bits per heavy atom. The summed E-state index contributed by atoms with van der Waals surface area (Å²) in [5.41, 5.74) is 5.52. The third-order valence-electron chi connectivity index (χ3n) is 1.87. The Morgan fingerprint density at radius 2 is 2.50 bits per heavy atom.